The van der Waals surface area contributed by atoms with E-state index in [1.54, 1.807) is 36.5 Å². The second kappa shape index (κ2) is 6.03. The fourth-order valence-electron chi connectivity index (χ4n) is 1.73. The highest BCUT2D eigenvalue weighted by Gasteiger charge is 2.16. The van der Waals surface area contributed by atoms with Crippen LogP contribution >= 0.6 is 0 Å². The first-order valence-electron chi connectivity index (χ1n) is 6.02. The number of carbonyl (C=O) groups is 1. The third-order valence-corrected chi connectivity index (χ3v) is 2.80. The highest BCUT2D eigenvalue weighted by atomic mass is 16.5. The van der Waals surface area contributed by atoms with Crippen LogP contribution in [0.25, 0.3) is 0 Å². The van der Waals surface area contributed by atoms with E-state index in [1.807, 2.05) is 6.07 Å². The fraction of sp³-hybridized carbons (Fsp3) is 0.143. The number of ether oxygens (including phenoxy) is 1. The number of carbonyl (C=O) groups excluding carboxylic acids is 1. The van der Waals surface area contributed by atoms with E-state index in [0.717, 1.165) is 5.69 Å². The predicted octanol–water partition coefficient (Wildman–Crippen LogP) is 1.58. The number of nitrogens with zero attached hydrogens (tertiary/aromatic N) is 1. The Bertz CT molecular complexity index is 616. The van der Waals surface area contributed by atoms with E-state index in [0.29, 0.717) is 17.1 Å². The molecule has 0 bridgehead atoms. The number of hydrogen-bond acceptors (Lipinski definition) is 6. The second-order valence-corrected chi connectivity index (χ2v) is 4.19. The molecule has 0 aliphatic heterocycles. The predicted molar refractivity (Wildman–Crippen MR) is 77.3 cm³/mol. The Hall–Kier alpha value is -2.60. The van der Waals surface area contributed by atoms with Gasteiger partial charge >= 0.3 is 5.97 Å². The molecule has 20 heavy (non-hydrogen) atoms. The fourth-order valence-corrected chi connectivity index (χ4v) is 1.73. The van der Waals surface area contributed by atoms with Crippen molar-refractivity contribution in [1.82, 2.24) is 4.98 Å². The number of nitrogens with one attached hydrogen (secondary N) is 1. The Morgan fingerprint density at radius 1 is 1.35 bits per heavy atom. The molecule has 1 atom stereocenters. The van der Waals surface area contributed by atoms with Crippen LogP contribution in [0.5, 0.6) is 0 Å². The first kappa shape index (κ1) is 13.8. The molecule has 5 N–H and O–H groups in total. The van der Waals surface area contributed by atoms with E-state index in [4.69, 9.17) is 11.5 Å². The van der Waals surface area contributed by atoms with E-state index in [1.165, 1.54) is 7.11 Å². The summed E-state index contributed by atoms with van der Waals surface area (Å²) in [5.74, 6) is 0.0655. The summed E-state index contributed by atoms with van der Waals surface area (Å²) in [6.45, 7) is 0. The number of rotatable bonds is 4. The number of hydrogen-bond donors (Lipinski definition) is 3. The minimum atomic E-state index is -0.817. The lowest BCUT2D eigenvalue weighted by Gasteiger charge is -2.12. The molecule has 1 unspecified atom stereocenters. The summed E-state index contributed by atoms with van der Waals surface area (Å²) in [5.41, 5.74) is 13.5. The van der Waals surface area contributed by atoms with Crippen molar-refractivity contribution in [3.63, 3.8) is 0 Å². The summed E-state index contributed by atoms with van der Waals surface area (Å²) in [6.07, 6.45) is 1.64. The number of nitrogen functional groups attached to an aromatic ring is 1. The summed E-state index contributed by atoms with van der Waals surface area (Å²) >= 11 is 0. The van der Waals surface area contributed by atoms with Gasteiger partial charge in [0.2, 0.25) is 0 Å². The van der Waals surface area contributed by atoms with Gasteiger partial charge in [0.15, 0.2) is 5.82 Å². The van der Waals surface area contributed by atoms with Crippen LogP contribution < -0.4 is 16.8 Å². The molecule has 0 saturated carbocycles. The van der Waals surface area contributed by atoms with Crippen molar-refractivity contribution in [1.29, 1.82) is 0 Å². The average Bonchev–Trinajstić information content (AvgIpc) is 2.48. The molecule has 1 aromatic carbocycles. The normalized spacial score (nSPS) is 11.7. The maximum atomic E-state index is 11.4. The van der Waals surface area contributed by atoms with Gasteiger partial charge in [0.25, 0.3) is 0 Å². The number of benzene rings is 1. The monoisotopic (exact) mass is 272 g/mol. The van der Waals surface area contributed by atoms with Crippen molar-refractivity contribution >= 4 is 23.2 Å². The van der Waals surface area contributed by atoms with Crippen LogP contribution in [-0.2, 0) is 9.53 Å². The zero-order valence-corrected chi connectivity index (χ0v) is 11.0. The summed E-state index contributed by atoms with van der Waals surface area (Å²) < 4.78 is 4.63. The van der Waals surface area contributed by atoms with E-state index < -0.39 is 12.0 Å². The standard InChI is InChI=1S/C14H16N4O2/c1-20-14(19)12(16)9-4-2-5-10(8-9)18-13-11(15)6-3-7-17-13/h2-8,12H,15-16H2,1H3,(H,17,18). The van der Waals surface area contributed by atoms with Crippen LogP contribution in [0.4, 0.5) is 17.2 Å². The number of esters is 1. The van der Waals surface area contributed by atoms with Crippen LogP contribution in [0, 0.1) is 0 Å². The molecule has 0 fully saturated rings. The Kier molecular flexibility index (Phi) is 4.17. The van der Waals surface area contributed by atoms with Gasteiger partial charge in [0.1, 0.15) is 6.04 Å². The van der Waals surface area contributed by atoms with Crippen molar-refractivity contribution in [2.45, 2.75) is 6.04 Å². The maximum absolute atomic E-state index is 11.4. The minimum absolute atomic E-state index is 0.487. The Balaban J connectivity index is 2.22. The smallest absolute Gasteiger partial charge is 0.327 e. The maximum Gasteiger partial charge on any atom is 0.327 e. The lowest BCUT2D eigenvalue weighted by molar-refractivity contribution is -0.142. The molecule has 104 valence electrons. The van der Waals surface area contributed by atoms with Gasteiger partial charge in [-0.15, -0.1) is 0 Å². The largest absolute Gasteiger partial charge is 0.468 e. The number of anilines is 3. The van der Waals surface area contributed by atoms with Crippen LogP contribution in [0.1, 0.15) is 11.6 Å². The van der Waals surface area contributed by atoms with Crippen LogP contribution in [0.15, 0.2) is 42.6 Å². The Labute approximate surface area is 116 Å². The molecule has 1 aromatic heterocycles. The molecule has 0 radical (unpaired) electrons. The van der Waals surface area contributed by atoms with Gasteiger partial charge in [-0.25, -0.2) is 4.98 Å². The Morgan fingerprint density at radius 3 is 2.85 bits per heavy atom. The van der Waals surface area contributed by atoms with E-state index in [9.17, 15) is 4.79 Å². The Morgan fingerprint density at radius 2 is 2.15 bits per heavy atom. The van der Waals surface area contributed by atoms with Crippen LogP contribution in [0.3, 0.4) is 0 Å². The zero-order valence-electron chi connectivity index (χ0n) is 11.0. The van der Waals surface area contributed by atoms with Gasteiger partial charge in [-0.3, -0.25) is 4.79 Å². The topological polar surface area (TPSA) is 103 Å². The molecular weight excluding hydrogens is 256 g/mol. The molecule has 6 heteroatoms. The number of methoxy groups -OCH3 is 1. The first-order valence-corrected chi connectivity index (χ1v) is 6.02. The van der Waals surface area contributed by atoms with E-state index in [-0.39, 0.29) is 0 Å². The van der Waals surface area contributed by atoms with Crippen molar-refractivity contribution in [3.8, 4) is 0 Å². The molecule has 2 aromatic rings. The number of aromatic nitrogens is 1. The molecule has 2 rings (SSSR count). The van der Waals surface area contributed by atoms with Gasteiger partial charge in [-0.1, -0.05) is 12.1 Å². The molecule has 6 nitrogen and oxygen atoms in total. The zero-order chi connectivity index (χ0) is 14.5. The molecule has 0 aliphatic rings. The molecule has 0 amide bonds. The summed E-state index contributed by atoms with van der Waals surface area (Å²) in [4.78, 5) is 15.6. The van der Waals surface area contributed by atoms with Crippen molar-refractivity contribution in [2.24, 2.45) is 5.73 Å². The van der Waals surface area contributed by atoms with Gasteiger partial charge in [0, 0.05) is 11.9 Å². The van der Waals surface area contributed by atoms with Gasteiger partial charge in [-0.2, -0.15) is 0 Å². The highest BCUT2D eigenvalue weighted by Crippen LogP contribution is 2.22. The third-order valence-electron chi connectivity index (χ3n) is 2.80. The summed E-state index contributed by atoms with van der Waals surface area (Å²) in [5, 5.41) is 3.08. The lowest BCUT2D eigenvalue weighted by atomic mass is 10.1. The SMILES string of the molecule is COC(=O)C(N)c1cccc(Nc2ncccc2N)c1. The van der Waals surface area contributed by atoms with Crippen molar-refractivity contribution in [3.05, 3.63) is 48.2 Å². The summed E-state index contributed by atoms with van der Waals surface area (Å²) in [6, 6.07) is 9.83. The van der Waals surface area contributed by atoms with Gasteiger partial charge in [-0.05, 0) is 29.8 Å². The molecule has 0 spiro atoms. The number of nitrogens with two attached hydrogens (primary N) is 2. The highest BCUT2D eigenvalue weighted by molar-refractivity contribution is 5.78. The average molecular weight is 272 g/mol. The third kappa shape index (κ3) is 3.04. The van der Waals surface area contributed by atoms with E-state index in [2.05, 4.69) is 15.0 Å². The van der Waals surface area contributed by atoms with Gasteiger partial charge in [0.05, 0.1) is 12.8 Å². The number of pyridine rings is 1. The first-order chi connectivity index (χ1) is 9.61. The van der Waals surface area contributed by atoms with Crippen molar-refractivity contribution in [2.75, 3.05) is 18.2 Å². The molecule has 1 heterocycles. The molecule has 0 saturated heterocycles. The van der Waals surface area contributed by atoms with Gasteiger partial charge < -0.3 is 21.5 Å². The van der Waals surface area contributed by atoms with E-state index >= 15 is 0 Å². The second-order valence-electron chi connectivity index (χ2n) is 4.19. The molecule has 0 aliphatic carbocycles. The summed E-state index contributed by atoms with van der Waals surface area (Å²) in [7, 11) is 1.30. The molecular formula is C14H16N4O2. The van der Waals surface area contributed by atoms with Crippen LogP contribution in [0.2, 0.25) is 0 Å². The lowest BCUT2D eigenvalue weighted by Crippen LogP contribution is -2.22. The minimum Gasteiger partial charge on any atom is -0.468 e. The quantitative estimate of drug-likeness (QED) is 0.730. The van der Waals surface area contributed by atoms with Crippen molar-refractivity contribution < 1.29 is 9.53 Å². The van der Waals surface area contributed by atoms with Crippen LogP contribution in [-0.4, -0.2) is 18.1 Å².